The van der Waals surface area contributed by atoms with E-state index >= 15 is 0 Å². The van der Waals surface area contributed by atoms with Gasteiger partial charge in [-0.05, 0) is 42.5 Å². The predicted molar refractivity (Wildman–Crippen MR) is 108 cm³/mol. The zero-order valence-electron chi connectivity index (χ0n) is 15.2. The lowest BCUT2D eigenvalue weighted by Gasteiger charge is -2.07. The van der Waals surface area contributed by atoms with Crippen molar-refractivity contribution in [3.8, 4) is 0 Å². The normalized spacial score (nSPS) is 11.2. The van der Waals surface area contributed by atoms with E-state index in [4.69, 9.17) is 0 Å². The average molecular weight is 372 g/mol. The Kier molecular flexibility index (Phi) is 8.02. The SMILES string of the molecule is CCCCCCC(=O)N/N=C(\C)c1cccc(NC(=O)c2cccs2)c1. The van der Waals surface area contributed by atoms with Crippen LogP contribution in [0.15, 0.2) is 46.9 Å². The van der Waals surface area contributed by atoms with E-state index in [-0.39, 0.29) is 11.8 Å². The highest BCUT2D eigenvalue weighted by Crippen LogP contribution is 2.15. The second-order valence-electron chi connectivity index (χ2n) is 6.06. The van der Waals surface area contributed by atoms with Crippen LogP contribution in [-0.4, -0.2) is 17.5 Å². The molecule has 0 aliphatic heterocycles. The zero-order valence-corrected chi connectivity index (χ0v) is 16.1. The molecule has 5 nitrogen and oxygen atoms in total. The molecular formula is C20H25N3O2S. The molecule has 6 heteroatoms. The summed E-state index contributed by atoms with van der Waals surface area (Å²) in [5.41, 5.74) is 4.84. The number of unbranched alkanes of at least 4 members (excludes halogenated alkanes) is 3. The first-order chi connectivity index (χ1) is 12.6. The van der Waals surface area contributed by atoms with Crippen molar-refractivity contribution >= 4 is 34.6 Å². The van der Waals surface area contributed by atoms with Gasteiger partial charge in [-0.15, -0.1) is 11.3 Å². The second-order valence-corrected chi connectivity index (χ2v) is 7.00. The van der Waals surface area contributed by atoms with Gasteiger partial charge >= 0.3 is 0 Å². The molecule has 0 aliphatic rings. The van der Waals surface area contributed by atoms with E-state index in [2.05, 4.69) is 22.8 Å². The number of nitrogens with zero attached hydrogens (tertiary/aromatic N) is 1. The highest BCUT2D eigenvalue weighted by atomic mass is 32.1. The quantitative estimate of drug-likeness (QED) is 0.377. The Morgan fingerprint density at radius 3 is 2.69 bits per heavy atom. The summed E-state index contributed by atoms with van der Waals surface area (Å²) in [5, 5.41) is 8.91. The minimum absolute atomic E-state index is 0.0670. The fourth-order valence-corrected chi connectivity index (χ4v) is 3.02. The van der Waals surface area contributed by atoms with Gasteiger partial charge in [0.1, 0.15) is 0 Å². The van der Waals surface area contributed by atoms with Crippen LogP contribution in [0.5, 0.6) is 0 Å². The first-order valence-electron chi connectivity index (χ1n) is 8.88. The van der Waals surface area contributed by atoms with Gasteiger partial charge in [-0.1, -0.05) is 44.4 Å². The molecule has 1 aromatic heterocycles. The number of carbonyl (C=O) groups is 2. The lowest BCUT2D eigenvalue weighted by molar-refractivity contribution is -0.121. The molecule has 138 valence electrons. The van der Waals surface area contributed by atoms with Gasteiger partial charge in [-0.25, -0.2) is 5.43 Å². The maximum Gasteiger partial charge on any atom is 0.265 e. The van der Waals surface area contributed by atoms with Crippen LogP contribution in [0.25, 0.3) is 0 Å². The number of benzene rings is 1. The topological polar surface area (TPSA) is 70.6 Å². The Morgan fingerprint density at radius 1 is 1.12 bits per heavy atom. The van der Waals surface area contributed by atoms with E-state index in [0.29, 0.717) is 22.7 Å². The molecule has 2 amide bonds. The molecule has 1 heterocycles. The fraction of sp³-hybridized carbons (Fsp3) is 0.350. The molecule has 0 unspecified atom stereocenters. The van der Waals surface area contributed by atoms with Crippen LogP contribution < -0.4 is 10.7 Å². The van der Waals surface area contributed by atoms with Crippen LogP contribution in [0, 0.1) is 0 Å². The predicted octanol–water partition coefficient (Wildman–Crippen LogP) is 4.81. The maximum absolute atomic E-state index is 12.1. The highest BCUT2D eigenvalue weighted by Gasteiger charge is 2.08. The second kappa shape index (κ2) is 10.5. The van der Waals surface area contributed by atoms with Crippen LogP contribution in [0.3, 0.4) is 0 Å². The van der Waals surface area contributed by atoms with Crippen molar-refractivity contribution in [3.63, 3.8) is 0 Å². The lowest BCUT2D eigenvalue weighted by atomic mass is 10.1. The van der Waals surface area contributed by atoms with Gasteiger partial charge in [-0.3, -0.25) is 9.59 Å². The molecule has 2 N–H and O–H groups in total. The molecule has 0 spiro atoms. The molecule has 2 aromatic rings. The Bertz CT molecular complexity index is 754. The van der Waals surface area contributed by atoms with E-state index in [9.17, 15) is 9.59 Å². The molecule has 0 saturated heterocycles. The molecule has 26 heavy (non-hydrogen) atoms. The number of hydrogen-bond donors (Lipinski definition) is 2. The molecule has 0 radical (unpaired) electrons. The third-order valence-corrected chi connectivity index (χ3v) is 4.76. The first-order valence-corrected chi connectivity index (χ1v) is 9.76. The van der Waals surface area contributed by atoms with E-state index in [0.717, 1.165) is 31.2 Å². The van der Waals surface area contributed by atoms with Gasteiger partial charge in [0.25, 0.3) is 5.91 Å². The largest absolute Gasteiger partial charge is 0.321 e. The molecule has 0 atom stereocenters. The van der Waals surface area contributed by atoms with Crippen LogP contribution in [0.1, 0.15) is 61.2 Å². The Labute approximate surface area is 158 Å². The Hall–Kier alpha value is -2.47. The molecule has 0 fully saturated rings. The van der Waals surface area contributed by atoms with Crippen LogP contribution in [0.4, 0.5) is 5.69 Å². The molecular weight excluding hydrogens is 346 g/mol. The number of nitrogens with one attached hydrogen (secondary N) is 2. The Balaban J connectivity index is 1.91. The first kappa shape index (κ1) is 19.8. The lowest BCUT2D eigenvalue weighted by Crippen LogP contribution is -2.19. The van der Waals surface area contributed by atoms with Gasteiger partial charge in [0.05, 0.1) is 10.6 Å². The number of carbonyl (C=O) groups excluding carboxylic acids is 2. The fourth-order valence-electron chi connectivity index (χ4n) is 2.40. The average Bonchev–Trinajstić information content (AvgIpc) is 3.18. The smallest absolute Gasteiger partial charge is 0.265 e. The van der Waals surface area contributed by atoms with E-state index in [1.165, 1.54) is 11.3 Å². The number of rotatable bonds is 9. The van der Waals surface area contributed by atoms with Crippen LogP contribution >= 0.6 is 11.3 Å². The summed E-state index contributed by atoms with van der Waals surface area (Å²) in [6.07, 6.45) is 4.75. The van der Waals surface area contributed by atoms with Crippen LogP contribution in [0.2, 0.25) is 0 Å². The monoisotopic (exact) mass is 371 g/mol. The van der Waals surface area contributed by atoms with Crippen molar-refractivity contribution in [2.75, 3.05) is 5.32 Å². The van der Waals surface area contributed by atoms with E-state index in [1.807, 2.05) is 42.6 Å². The van der Waals surface area contributed by atoms with Crippen molar-refractivity contribution in [3.05, 3.63) is 52.2 Å². The van der Waals surface area contributed by atoms with Gasteiger partial charge in [-0.2, -0.15) is 5.10 Å². The van der Waals surface area contributed by atoms with E-state index < -0.39 is 0 Å². The molecule has 0 saturated carbocycles. The zero-order chi connectivity index (χ0) is 18.8. The number of amides is 2. The van der Waals surface area contributed by atoms with Crippen molar-refractivity contribution in [1.29, 1.82) is 0 Å². The number of hydrogen-bond acceptors (Lipinski definition) is 4. The third kappa shape index (κ3) is 6.44. The number of hydrazone groups is 1. The van der Waals surface area contributed by atoms with Gasteiger partial charge < -0.3 is 5.32 Å². The minimum atomic E-state index is -0.132. The Morgan fingerprint density at radius 2 is 1.96 bits per heavy atom. The number of thiophene rings is 1. The summed E-state index contributed by atoms with van der Waals surface area (Å²) in [6, 6.07) is 11.1. The maximum atomic E-state index is 12.1. The van der Waals surface area contributed by atoms with Gasteiger partial charge in [0.15, 0.2) is 0 Å². The van der Waals surface area contributed by atoms with Gasteiger partial charge in [0, 0.05) is 12.1 Å². The summed E-state index contributed by atoms with van der Waals surface area (Å²) >= 11 is 1.40. The van der Waals surface area contributed by atoms with E-state index in [1.54, 1.807) is 6.07 Å². The summed E-state index contributed by atoms with van der Waals surface area (Å²) in [4.78, 5) is 24.6. The number of anilines is 1. The third-order valence-electron chi connectivity index (χ3n) is 3.89. The molecule has 2 rings (SSSR count). The van der Waals surface area contributed by atoms with Crippen molar-refractivity contribution in [2.45, 2.75) is 46.0 Å². The van der Waals surface area contributed by atoms with Crippen molar-refractivity contribution < 1.29 is 9.59 Å². The summed E-state index contributed by atoms with van der Waals surface area (Å²) in [6.45, 7) is 3.97. The standard InChI is InChI=1S/C20H25N3O2S/c1-3-4-5-6-12-19(24)23-22-15(2)16-9-7-10-17(14-16)21-20(25)18-11-8-13-26-18/h7-11,13-14H,3-6,12H2,1-2H3,(H,21,25)(H,23,24)/b22-15+. The minimum Gasteiger partial charge on any atom is -0.321 e. The molecule has 0 bridgehead atoms. The summed E-state index contributed by atoms with van der Waals surface area (Å²) < 4.78 is 0. The van der Waals surface area contributed by atoms with Crippen molar-refractivity contribution in [2.24, 2.45) is 5.10 Å². The summed E-state index contributed by atoms with van der Waals surface area (Å²) in [7, 11) is 0. The van der Waals surface area contributed by atoms with Crippen LogP contribution in [-0.2, 0) is 4.79 Å². The summed E-state index contributed by atoms with van der Waals surface area (Å²) in [5.74, 6) is -0.199. The van der Waals surface area contributed by atoms with Gasteiger partial charge in [0.2, 0.25) is 5.91 Å². The molecule has 0 aliphatic carbocycles. The van der Waals surface area contributed by atoms with Crippen molar-refractivity contribution in [1.82, 2.24) is 5.43 Å². The highest BCUT2D eigenvalue weighted by molar-refractivity contribution is 7.12. The molecule has 1 aromatic carbocycles.